The van der Waals surface area contributed by atoms with Gasteiger partial charge in [-0.15, -0.1) is 0 Å². The second kappa shape index (κ2) is 5.63. The molecule has 2 aromatic heterocycles. The molecule has 3 rings (SSSR count). The van der Waals surface area contributed by atoms with Crippen molar-refractivity contribution in [1.29, 1.82) is 0 Å². The lowest BCUT2D eigenvalue weighted by Crippen LogP contribution is -2.07. The third kappa shape index (κ3) is 3.00. The molecule has 4 N–H and O–H groups in total. The highest BCUT2D eigenvalue weighted by atomic mass is 15.1. The van der Waals surface area contributed by atoms with E-state index < -0.39 is 0 Å². The average molecular weight is 296 g/mol. The number of rotatable bonds is 4. The SMILES string of the molecule is Cc1nc2ccc(CNc3cc(C(C)C)nc(N)n3)cc2[nH]1. The number of anilines is 2. The van der Waals surface area contributed by atoms with Crippen LogP contribution in [0.15, 0.2) is 24.3 Å². The van der Waals surface area contributed by atoms with Crippen LogP contribution in [0.25, 0.3) is 11.0 Å². The van der Waals surface area contributed by atoms with Crippen LogP contribution in [-0.4, -0.2) is 19.9 Å². The number of H-pyrrole nitrogens is 1. The van der Waals surface area contributed by atoms with E-state index in [1.165, 1.54) is 0 Å². The van der Waals surface area contributed by atoms with Gasteiger partial charge in [-0.05, 0) is 30.5 Å². The summed E-state index contributed by atoms with van der Waals surface area (Å²) in [5, 5.41) is 3.30. The predicted molar refractivity (Wildman–Crippen MR) is 88.7 cm³/mol. The quantitative estimate of drug-likeness (QED) is 0.688. The van der Waals surface area contributed by atoms with Gasteiger partial charge in [0.15, 0.2) is 0 Å². The molecule has 0 radical (unpaired) electrons. The van der Waals surface area contributed by atoms with Gasteiger partial charge in [-0.1, -0.05) is 19.9 Å². The molecule has 0 aliphatic heterocycles. The van der Waals surface area contributed by atoms with E-state index >= 15 is 0 Å². The molecule has 0 fully saturated rings. The summed E-state index contributed by atoms with van der Waals surface area (Å²) in [6.45, 7) is 6.79. The summed E-state index contributed by atoms with van der Waals surface area (Å²) >= 11 is 0. The molecule has 22 heavy (non-hydrogen) atoms. The monoisotopic (exact) mass is 296 g/mol. The number of nitrogen functional groups attached to an aromatic ring is 1. The molecule has 2 heterocycles. The molecular formula is C16H20N6. The van der Waals surface area contributed by atoms with Crippen LogP contribution in [0.2, 0.25) is 0 Å². The van der Waals surface area contributed by atoms with E-state index in [0.717, 1.165) is 33.9 Å². The summed E-state index contributed by atoms with van der Waals surface area (Å²) in [4.78, 5) is 16.1. The number of nitrogens with one attached hydrogen (secondary N) is 2. The van der Waals surface area contributed by atoms with Crippen molar-refractivity contribution in [1.82, 2.24) is 19.9 Å². The molecule has 0 aliphatic carbocycles. The Balaban J connectivity index is 1.78. The minimum atomic E-state index is 0.299. The zero-order chi connectivity index (χ0) is 15.7. The van der Waals surface area contributed by atoms with Crippen molar-refractivity contribution in [3.8, 4) is 0 Å². The van der Waals surface area contributed by atoms with Gasteiger partial charge < -0.3 is 16.0 Å². The number of aromatic nitrogens is 4. The van der Waals surface area contributed by atoms with Gasteiger partial charge in [-0.3, -0.25) is 0 Å². The molecule has 3 aromatic rings. The second-order valence-electron chi connectivity index (χ2n) is 5.72. The van der Waals surface area contributed by atoms with Gasteiger partial charge in [0.05, 0.1) is 16.7 Å². The first-order valence-electron chi connectivity index (χ1n) is 7.35. The lowest BCUT2D eigenvalue weighted by Gasteiger charge is -2.10. The molecule has 0 saturated carbocycles. The van der Waals surface area contributed by atoms with Crippen LogP contribution in [-0.2, 0) is 6.54 Å². The van der Waals surface area contributed by atoms with Crippen LogP contribution >= 0.6 is 0 Å². The molecule has 6 heteroatoms. The Kier molecular flexibility index (Phi) is 3.66. The first kappa shape index (κ1) is 14.3. The van der Waals surface area contributed by atoms with Crippen LogP contribution in [0.3, 0.4) is 0 Å². The normalized spacial score (nSPS) is 11.3. The Bertz CT molecular complexity index is 806. The number of aryl methyl sites for hydroxylation is 1. The van der Waals surface area contributed by atoms with Gasteiger partial charge in [0.1, 0.15) is 11.6 Å². The summed E-state index contributed by atoms with van der Waals surface area (Å²) in [6.07, 6.45) is 0. The second-order valence-corrected chi connectivity index (χ2v) is 5.72. The Morgan fingerprint density at radius 2 is 2.00 bits per heavy atom. The van der Waals surface area contributed by atoms with Crippen LogP contribution in [0.4, 0.5) is 11.8 Å². The molecule has 114 valence electrons. The fourth-order valence-electron chi connectivity index (χ4n) is 2.36. The number of benzene rings is 1. The van der Waals surface area contributed by atoms with Crippen molar-refractivity contribution in [2.45, 2.75) is 33.2 Å². The zero-order valence-electron chi connectivity index (χ0n) is 13.0. The first-order chi connectivity index (χ1) is 10.5. The number of fused-ring (bicyclic) bond motifs is 1. The molecule has 0 atom stereocenters. The minimum Gasteiger partial charge on any atom is -0.368 e. The van der Waals surface area contributed by atoms with E-state index in [1.807, 2.05) is 19.1 Å². The van der Waals surface area contributed by atoms with Crippen molar-refractivity contribution in [2.75, 3.05) is 11.1 Å². The van der Waals surface area contributed by atoms with Crippen molar-refractivity contribution in [3.63, 3.8) is 0 Å². The van der Waals surface area contributed by atoms with E-state index in [0.29, 0.717) is 18.4 Å². The van der Waals surface area contributed by atoms with Crippen molar-refractivity contribution in [2.24, 2.45) is 0 Å². The lowest BCUT2D eigenvalue weighted by atomic mass is 10.1. The topological polar surface area (TPSA) is 92.5 Å². The van der Waals surface area contributed by atoms with Gasteiger partial charge in [-0.2, -0.15) is 4.98 Å². The molecule has 1 aromatic carbocycles. The molecular weight excluding hydrogens is 276 g/mol. The van der Waals surface area contributed by atoms with E-state index in [2.05, 4.69) is 51.2 Å². The fourth-order valence-corrected chi connectivity index (χ4v) is 2.36. The average Bonchev–Trinajstić information content (AvgIpc) is 2.83. The zero-order valence-corrected chi connectivity index (χ0v) is 13.0. The Labute approximate surface area is 129 Å². The van der Waals surface area contributed by atoms with Gasteiger partial charge in [0.25, 0.3) is 0 Å². The summed E-state index contributed by atoms with van der Waals surface area (Å²) in [7, 11) is 0. The highest BCUT2D eigenvalue weighted by Crippen LogP contribution is 2.18. The van der Waals surface area contributed by atoms with Crippen LogP contribution in [0.5, 0.6) is 0 Å². The van der Waals surface area contributed by atoms with E-state index in [9.17, 15) is 0 Å². The third-order valence-electron chi connectivity index (χ3n) is 3.49. The predicted octanol–water partition coefficient (Wildman–Crippen LogP) is 2.98. The number of nitrogens with zero attached hydrogens (tertiary/aromatic N) is 3. The standard InChI is InChI=1S/C16H20N6/c1-9(2)13-7-15(22-16(17)21-13)18-8-11-4-5-12-14(6-11)20-10(3)19-12/h4-7,9H,8H2,1-3H3,(H,19,20)(H3,17,18,21,22). The van der Waals surface area contributed by atoms with E-state index in [-0.39, 0.29) is 0 Å². The Hall–Kier alpha value is -2.63. The van der Waals surface area contributed by atoms with Crippen molar-refractivity contribution < 1.29 is 0 Å². The number of hydrogen-bond donors (Lipinski definition) is 3. The lowest BCUT2D eigenvalue weighted by molar-refractivity contribution is 0.817. The third-order valence-corrected chi connectivity index (χ3v) is 3.49. The van der Waals surface area contributed by atoms with E-state index in [1.54, 1.807) is 0 Å². The Morgan fingerprint density at radius 1 is 1.18 bits per heavy atom. The maximum Gasteiger partial charge on any atom is 0.222 e. The minimum absolute atomic E-state index is 0.299. The first-order valence-corrected chi connectivity index (χ1v) is 7.35. The number of imidazole rings is 1. The number of aromatic amines is 1. The van der Waals surface area contributed by atoms with Crippen molar-refractivity contribution >= 4 is 22.8 Å². The molecule has 0 unspecified atom stereocenters. The highest BCUT2D eigenvalue weighted by molar-refractivity contribution is 5.75. The van der Waals surface area contributed by atoms with E-state index in [4.69, 9.17) is 5.73 Å². The van der Waals surface area contributed by atoms with Gasteiger partial charge in [-0.25, -0.2) is 9.97 Å². The molecule has 0 aliphatic rings. The van der Waals surface area contributed by atoms with Crippen LogP contribution in [0, 0.1) is 6.92 Å². The maximum atomic E-state index is 5.77. The molecule has 0 saturated heterocycles. The molecule has 6 nitrogen and oxygen atoms in total. The van der Waals surface area contributed by atoms with Crippen LogP contribution < -0.4 is 11.1 Å². The van der Waals surface area contributed by atoms with Gasteiger partial charge in [0.2, 0.25) is 5.95 Å². The molecule has 0 amide bonds. The summed E-state index contributed by atoms with van der Waals surface area (Å²) in [5.41, 5.74) is 9.88. The van der Waals surface area contributed by atoms with Crippen molar-refractivity contribution in [3.05, 3.63) is 41.3 Å². The number of nitrogens with two attached hydrogens (primary N) is 1. The largest absolute Gasteiger partial charge is 0.368 e. The summed E-state index contributed by atoms with van der Waals surface area (Å²) in [6, 6.07) is 8.11. The van der Waals surface area contributed by atoms with Gasteiger partial charge >= 0.3 is 0 Å². The van der Waals surface area contributed by atoms with Gasteiger partial charge in [0, 0.05) is 12.6 Å². The summed E-state index contributed by atoms with van der Waals surface area (Å²) < 4.78 is 0. The molecule has 0 spiro atoms. The fraction of sp³-hybridized carbons (Fsp3) is 0.312. The Morgan fingerprint density at radius 3 is 2.77 bits per heavy atom. The maximum absolute atomic E-state index is 5.77. The highest BCUT2D eigenvalue weighted by Gasteiger charge is 2.06. The molecule has 0 bridgehead atoms. The summed E-state index contributed by atoms with van der Waals surface area (Å²) in [5.74, 6) is 2.28. The van der Waals surface area contributed by atoms with Crippen LogP contribution in [0.1, 0.15) is 36.8 Å². The number of hydrogen-bond acceptors (Lipinski definition) is 5. The smallest absolute Gasteiger partial charge is 0.222 e.